The highest BCUT2D eigenvalue weighted by Gasteiger charge is 2.22. The van der Waals surface area contributed by atoms with E-state index in [0.717, 1.165) is 50.3 Å². The van der Waals surface area contributed by atoms with Crippen molar-refractivity contribution < 1.29 is 4.74 Å². The molecule has 0 saturated heterocycles. The van der Waals surface area contributed by atoms with Crippen molar-refractivity contribution in [1.29, 1.82) is 0 Å². The van der Waals surface area contributed by atoms with Gasteiger partial charge >= 0.3 is 0 Å². The minimum absolute atomic E-state index is 0.622. The van der Waals surface area contributed by atoms with E-state index in [9.17, 15) is 0 Å². The van der Waals surface area contributed by atoms with E-state index < -0.39 is 0 Å². The van der Waals surface area contributed by atoms with Crippen molar-refractivity contribution in [3.05, 3.63) is 47.3 Å². The van der Waals surface area contributed by atoms with Gasteiger partial charge in [0.2, 0.25) is 0 Å². The lowest BCUT2D eigenvalue weighted by atomic mass is 10.0. The average Bonchev–Trinajstić information content (AvgIpc) is 3.01. The third-order valence-corrected chi connectivity index (χ3v) is 4.84. The lowest BCUT2D eigenvalue weighted by Gasteiger charge is -2.19. The smallest absolute Gasteiger partial charge is 0.122 e. The van der Waals surface area contributed by atoms with Crippen LogP contribution in [0, 0.1) is 5.92 Å². The summed E-state index contributed by atoms with van der Waals surface area (Å²) in [5, 5.41) is 6.77. The van der Waals surface area contributed by atoms with Crippen LogP contribution in [0.3, 0.4) is 0 Å². The molecule has 1 aliphatic heterocycles. The maximum Gasteiger partial charge on any atom is 0.122 e. The van der Waals surface area contributed by atoms with E-state index in [0.29, 0.717) is 5.92 Å². The first-order valence-electron chi connectivity index (χ1n) is 8.47. The number of benzene rings is 1. The lowest BCUT2D eigenvalue weighted by Crippen LogP contribution is -2.15. The van der Waals surface area contributed by atoms with Crippen molar-refractivity contribution in [1.82, 2.24) is 4.98 Å². The van der Waals surface area contributed by atoms with Crippen LogP contribution in [-0.4, -0.2) is 25.2 Å². The number of ether oxygens (including phenoxy) is 1. The van der Waals surface area contributed by atoms with E-state index >= 15 is 0 Å². The van der Waals surface area contributed by atoms with Gasteiger partial charge in [0.1, 0.15) is 5.75 Å². The standard InChI is InChI=1S/C19H23N3O/c1-20-17-10-15-7-13(8-18(15)22-12-17)11-21-16-4-5-19-14(9-16)3-2-6-23-19/h4-5,9-10,12-13,20-21H,2-3,6-8,11H2,1H3. The SMILES string of the molecule is CNc1cnc2c(c1)CC(CNc1ccc3c(c1)CCCO3)C2. The first-order valence-corrected chi connectivity index (χ1v) is 8.47. The molecule has 2 aromatic rings. The van der Waals surface area contributed by atoms with Crippen LogP contribution < -0.4 is 15.4 Å². The molecule has 4 rings (SSSR count). The van der Waals surface area contributed by atoms with Crippen LogP contribution in [0.25, 0.3) is 0 Å². The van der Waals surface area contributed by atoms with E-state index in [-0.39, 0.29) is 0 Å². The predicted octanol–water partition coefficient (Wildman–Crippen LogP) is 3.28. The third kappa shape index (κ3) is 2.98. The Balaban J connectivity index is 1.39. The Morgan fingerprint density at radius 3 is 3.00 bits per heavy atom. The molecule has 0 saturated carbocycles. The van der Waals surface area contributed by atoms with E-state index in [1.54, 1.807) is 0 Å². The molecule has 2 aliphatic rings. The molecule has 1 aliphatic carbocycles. The van der Waals surface area contributed by atoms with Crippen LogP contribution in [-0.2, 0) is 19.3 Å². The molecule has 1 aromatic heterocycles. The molecule has 4 heteroatoms. The van der Waals surface area contributed by atoms with Crippen LogP contribution in [0.5, 0.6) is 5.75 Å². The van der Waals surface area contributed by atoms with Crippen LogP contribution in [0.15, 0.2) is 30.5 Å². The lowest BCUT2D eigenvalue weighted by molar-refractivity contribution is 0.288. The quantitative estimate of drug-likeness (QED) is 0.910. The molecule has 23 heavy (non-hydrogen) atoms. The molecule has 2 N–H and O–H groups in total. The molecular formula is C19H23N3O. The van der Waals surface area contributed by atoms with Gasteiger partial charge in [-0.25, -0.2) is 0 Å². The second-order valence-corrected chi connectivity index (χ2v) is 6.51. The minimum Gasteiger partial charge on any atom is -0.493 e. The van der Waals surface area contributed by atoms with Crippen LogP contribution >= 0.6 is 0 Å². The van der Waals surface area contributed by atoms with E-state index in [2.05, 4.69) is 39.9 Å². The van der Waals surface area contributed by atoms with E-state index in [1.165, 1.54) is 22.5 Å². The molecule has 1 unspecified atom stereocenters. The normalized spacial score (nSPS) is 18.7. The van der Waals surface area contributed by atoms with Gasteiger partial charge in [0.15, 0.2) is 0 Å². The Morgan fingerprint density at radius 2 is 2.09 bits per heavy atom. The van der Waals surface area contributed by atoms with Crippen molar-refractivity contribution in [2.24, 2.45) is 5.92 Å². The number of rotatable bonds is 4. The molecular weight excluding hydrogens is 286 g/mol. The number of hydrogen-bond acceptors (Lipinski definition) is 4. The summed E-state index contributed by atoms with van der Waals surface area (Å²) in [4.78, 5) is 4.59. The predicted molar refractivity (Wildman–Crippen MR) is 93.4 cm³/mol. The first kappa shape index (κ1) is 14.4. The van der Waals surface area contributed by atoms with Gasteiger partial charge in [-0.1, -0.05) is 0 Å². The fourth-order valence-corrected chi connectivity index (χ4v) is 3.57. The number of aryl methyl sites for hydroxylation is 1. The number of anilines is 2. The topological polar surface area (TPSA) is 46.2 Å². The zero-order valence-corrected chi connectivity index (χ0v) is 13.6. The molecule has 1 atom stereocenters. The summed E-state index contributed by atoms with van der Waals surface area (Å²) < 4.78 is 5.68. The molecule has 2 heterocycles. The van der Waals surface area contributed by atoms with Crippen molar-refractivity contribution in [2.75, 3.05) is 30.8 Å². The first-order chi connectivity index (χ1) is 11.3. The molecule has 120 valence electrons. The second kappa shape index (κ2) is 6.11. The fourth-order valence-electron chi connectivity index (χ4n) is 3.57. The largest absolute Gasteiger partial charge is 0.493 e. The Labute approximate surface area is 137 Å². The Bertz CT molecular complexity index is 714. The summed E-state index contributed by atoms with van der Waals surface area (Å²) in [6.07, 6.45) is 6.35. The fraction of sp³-hybridized carbons (Fsp3) is 0.421. The van der Waals surface area contributed by atoms with Gasteiger partial charge in [-0.3, -0.25) is 4.98 Å². The number of nitrogens with one attached hydrogen (secondary N) is 2. The van der Waals surface area contributed by atoms with E-state index in [1.807, 2.05) is 13.2 Å². The Hall–Kier alpha value is -2.23. The molecule has 0 radical (unpaired) electrons. The van der Waals surface area contributed by atoms with Crippen molar-refractivity contribution in [3.63, 3.8) is 0 Å². The van der Waals surface area contributed by atoms with Gasteiger partial charge in [0.05, 0.1) is 18.5 Å². The monoisotopic (exact) mass is 309 g/mol. The molecule has 0 bridgehead atoms. The highest BCUT2D eigenvalue weighted by atomic mass is 16.5. The average molecular weight is 309 g/mol. The van der Waals surface area contributed by atoms with Gasteiger partial charge in [-0.15, -0.1) is 0 Å². The van der Waals surface area contributed by atoms with Gasteiger partial charge in [-0.2, -0.15) is 0 Å². The summed E-state index contributed by atoms with van der Waals surface area (Å²) in [6.45, 7) is 1.84. The Kier molecular flexibility index (Phi) is 3.82. The van der Waals surface area contributed by atoms with E-state index in [4.69, 9.17) is 4.74 Å². The van der Waals surface area contributed by atoms with Gasteiger partial charge in [0.25, 0.3) is 0 Å². The summed E-state index contributed by atoms with van der Waals surface area (Å²) in [7, 11) is 1.94. The number of fused-ring (bicyclic) bond motifs is 2. The summed E-state index contributed by atoms with van der Waals surface area (Å²) in [5.74, 6) is 1.68. The zero-order valence-electron chi connectivity index (χ0n) is 13.6. The number of hydrogen-bond donors (Lipinski definition) is 2. The molecule has 4 nitrogen and oxygen atoms in total. The number of nitrogens with zero attached hydrogens (tertiary/aromatic N) is 1. The molecule has 0 spiro atoms. The van der Waals surface area contributed by atoms with Crippen LogP contribution in [0.1, 0.15) is 23.2 Å². The summed E-state index contributed by atoms with van der Waals surface area (Å²) in [5.41, 5.74) is 6.29. The number of aromatic nitrogens is 1. The maximum atomic E-state index is 5.68. The van der Waals surface area contributed by atoms with Gasteiger partial charge in [-0.05, 0) is 67.0 Å². The van der Waals surface area contributed by atoms with Crippen molar-refractivity contribution in [3.8, 4) is 5.75 Å². The molecule has 0 fully saturated rings. The Morgan fingerprint density at radius 1 is 1.17 bits per heavy atom. The van der Waals surface area contributed by atoms with Crippen molar-refractivity contribution >= 4 is 11.4 Å². The summed E-state index contributed by atoms with van der Waals surface area (Å²) >= 11 is 0. The maximum absolute atomic E-state index is 5.68. The van der Waals surface area contributed by atoms with Crippen molar-refractivity contribution in [2.45, 2.75) is 25.7 Å². The summed E-state index contributed by atoms with van der Waals surface area (Å²) in [6, 6.07) is 8.71. The van der Waals surface area contributed by atoms with Crippen LogP contribution in [0.4, 0.5) is 11.4 Å². The molecule has 0 amide bonds. The second-order valence-electron chi connectivity index (χ2n) is 6.51. The van der Waals surface area contributed by atoms with Crippen LogP contribution in [0.2, 0.25) is 0 Å². The highest BCUT2D eigenvalue weighted by Crippen LogP contribution is 2.29. The van der Waals surface area contributed by atoms with Gasteiger partial charge in [0, 0.05) is 25.0 Å². The highest BCUT2D eigenvalue weighted by molar-refractivity contribution is 5.52. The van der Waals surface area contributed by atoms with Gasteiger partial charge < -0.3 is 15.4 Å². The minimum atomic E-state index is 0.622. The number of pyridine rings is 1. The third-order valence-electron chi connectivity index (χ3n) is 4.84. The zero-order chi connectivity index (χ0) is 15.6. The molecule has 1 aromatic carbocycles.